The van der Waals surface area contributed by atoms with Crippen molar-refractivity contribution in [3.05, 3.63) is 0 Å². The zero-order valence-corrected chi connectivity index (χ0v) is 15.4. The molecule has 0 amide bonds. The quantitative estimate of drug-likeness (QED) is 0.439. The topological polar surface area (TPSA) is 80.9 Å². The molecule has 0 aliphatic heterocycles. The summed E-state index contributed by atoms with van der Waals surface area (Å²) >= 11 is 0. The van der Waals surface area contributed by atoms with E-state index in [9.17, 15) is 10.2 Å². The van der Waals surface area contributed by atoms with E-state index in [1.54, 1.807) is 6.92 Å². The average Bonchev–Trinajstić information content (AvgIpc) is 2.55. The Kier molecular flexibility index (Phi) is 14.6. The Hall–Kier alpha value is -0.160. The van der Waals surface area contributed by atoms with Gasteiger partial charge in [-0.15, -0.1) is 0 Å². The van der Waals surface area contributed by atoms with Gasteiger partial charge in [0.1, 0.15) is 0 Å². The largest absolute Gasteiger partial charge is 0.396 e. The van der Waals surface area contributed by atoms with Crippen molar-refractivity contribution in [3.63, 3.8) is 0 Å². The van der Waals surface area contributed by atoms with Crippen LogP contribution in [0.1, 0.15) is 86.0 Å². The minimum Gasteiger partial charge on any atom is -0.396 e. The standard InChI is InChI=1S/2C9H20O2/c1-4-6-7-8(3)9(10,11)5-2;1-3-5-6-9(4-2,7-10)8-11/h8,10-11H,4-7H2,1-3H3;10-11H,3-8H2,1-2H3. The molecule has 4 nitrogen and oxygen atoms in total. The second-order valence-electron chi connectivity index (χ2n) is 6.55. The van der Waals surface area contributed by atoms with Gasteiger partial charge in [0.15, 0.2) is 5.79 Å². The lowest BCUT2D eigenvalue weighted by Crippen LogP contribution is -2.35. The minimum atomic E-state index is -1.45. The molecule has 0 saturated heterocycles. The van der Waals surface area contributed by atoms with Gasteiger partial charge in [-0.3, -0.25) is 0 Å². The van der Waals surface area contributed by atoms with E-state index in [0.29, 0.717) is 6.42 Å². The molecule has 0 bridgehead atoms. The van der Waals surface area contributed by atoms with Crippen molar-refractivity contribution in [2.45, 2.75) is 91.8 Å². The van der Waals surface area contributed by atoms with Gasteiger partial charge in [0.2, 0.25) is 0 Å². The van der Waals surface area contributed by atoms with Gasteiger partial charge >= 0.3 is 0 Å². The van der Waals surface area contributed by atoms with Crippen molar-refractivity contribution in [3.8, 4) is 0 Å². The normalized spacial score (nSPS) is 13.5. The molecule has 0 fully saturated rings. The van der Waals surface area contributed by atoms with Crippen molar-refractivity contribution in [2.75, 3.05) is 13.2 Å². The van der Waals surface area contributed by atoms with Crippen LogP contribution in [0.25, 0.3) is 0 Å². The van der Waals surface area contributed by atoms with Gasteiger partial charge in [-0.1, -0.05) is 60.3 Å². The summed E-state index contributed by atoms with van der Waals surface area (Å²) in [7, 11) is 0. The Bertz CT molecular complexity index is 229. The van der Waals surface area contributed by atoms with Gasteiger partial charge in [0.05, 0.1) is 13.2 Å². The van der Waals surface area contributed by atoms with Gasteiger partial charge in [-0.2, -0.15) is 0 Å². The van der Waals surface area contributed by atoms with Crippen LogP contribution in [0.4, 0.5) is 0 Å². The molecule has 1 atom stereocenters. The lowest BCUT2D eigenvalue weighted by molar-refractivity contribution is -0.199. The fourth-order valence-corrected chi connectivity index (χ4v) is 2.25. The second kappa shape index (κ2) is 13.3. The molecule has 0 aromatic rings. The number of unbranched alkanes of at least 4 members (excludes halogenated alkanes) is 2. The molecule has 136 valence electrons. The van der Waals surface area contributed by atoms with Crippen LogP contribution in [-0.2, 0) is 0 Å². The molecule has 0 aromatic carbocycles. The van der Waals surface area contributed by atoms with Crippen LogP contribution in [0.2, 0.25) is 0 Å². The van der Waals surface area contributed by atoms with Crippen LogP contribution in [-0.4, -0.2) is 39.4 Å². The first-order valence-electron chi connectivity index (χ1n) is 8.95. The van der Waals surface area contributed by atoms with Crippen molar-refractivity contribution in [2.24, 2.45) is 11.3 Å². The van der Waals surface area contributed by atoms with Gasteiger partial charge in [-0.05, 0) is 25.7 Å². The Labute approximate surface area is 137 Å². The van der Waals surface area contributed by atoms with Gasteiger partial charge in [0.25, 0.3) is 0 Å². The molecule has 0 rings (SSSR count). The summed E-state index contributed by atoms with van der Waals surface area (Å²) < 4.78 is 0. The maximum atomic E-state index is 9.37. The Morgan fingerprint density at radius 3 is 1.64 bits per heavy atom. The molecule has 0 heterocycles. The lowest BCUT2D eigenvalue weighted by atomic mass is 9.82. The Morgan fingerprint density at radius 1 is 0.818 bits per heavy atom. The maximum absolute atomic E-state index is 9.37. The molecule has 1 unspecified atom stereocenters. The maximum Gasteiger partial charge on any atom is 0.164 e. The van der Waals surface area contributed by atoms with Crippen LogP contribution >= 0.6 is 0 Å². The number of rotatable bonds is 11. The van der Waals surface area contributed by atoms with Gasteiger partial charge < -0.3 is 20.4 Å². The Morgan fingerprint density at radius 2 is 1.32 bits per heavy atom. The van der Waals surface area contributed by atoms with E-state index in [0.717, 1.165) is 44.9 Å². The molecule has 0 aliphatic carbocycles. The highest BCUT2D eigenvalue weighted by molar-refractivity contribution is 4.75. The third-order valence-electron chi connectivity index (χ3n) is 4.78. The molecular formula is C18H40O4. The number of hydrogen-bond donors (Lipinski definition) is 4. The van der Waals surface area contributed by atoms with Crippen molar-refractivity contribution in [1.82, 2.24) is 0 Å². The van der Waals surface area contributed by atoms with Crippen molar-refractivity contribution in [1.29, 1.82) is 0 Å². The SMILES string of the molecule is CCCCC(C)C(O)(O)CC.CCCCC(CC)(CO)CO. The van der Waals surface area contributed by atoms with E-state index in [1.165, 1.54) is 0 Å². The average molecular weight is 321 g/mol. The van der Waals surface area contributed by atoms with Gasteiger partial charge in [-0.25, -0.2) is 0 Å². The third kappa shape index (κ3) is 9.78. The predicted molar refractivity (Wildman–Crippen MR) is 92.6 cm³/mol. The number of aliphatic hydroxyl groups is 4. The van der Waals surface area contributed by atoms with Crippen molar-refractivity contribution < 1.29 is 20.4 Å². The monoisotopic (exact) mass is 320 g/mol. The van der Waals surface area contributed by atoms with Crippen LogP contribution in [0.15, 0.2) is 0 Å². The molecular weight excluding hydrogens is 280 g/mol. The van der Waals surface area contributed by atoms with Gasteiger partial charge in [0, 0.05) is 11.3 Å². The lowest BCUT2D eigenvalue weighted by Gasteiger charge is -2.27. The summed E-state index contributed by atoms with van der Waals surface area (Å²) in [6, 6.07) is 0. The molecule has 4 heteroatoms. The van der Waals surface area contributed by atoms with Crippen molar-refractivity contribution >= 4 is 0 Å². The first kappa shape index (κ1) is 24.1. The molecule has 22 heavy (non-hydrogen) atoms. The van der Waals surface area contributed by atoms with Crippen LogP contribution in [0.3, 0.4) is 0 Å². The molecule has 0 spiro atoms. The number of hydrogen-bond acceptors (Lipinski definition) is 4. The van der Waals surface area contributed by atoms with Crippen LogP contribution < -0.4 is 0 Å². The van der Waals surface area contributed by atoms with Crippen LogP contribution in [0, 0.1) is 11.3 Å². The molecule has 0 aromatic heterocycles. The smallest absolute Gasteiger partial charge is 0.164 e. The molecule has 0 radical (unpaired) electrons. The predicted octanol–water partition coefficient (Wildman–Crippen LogP) is 3.46. The van der Waals surface area contributed by atoms with E-state index >= 15 is 0 Å². The summed E-state index contributed by atoms with van der Waals surface area (Å²) in [6.45, 7) is 10.1. The van der Waals surface area contributed by atoms with Crippen LogP contribution in [0.5, 0.6) is 0 Å². The summed E-state index contributed by atoms with van der Waals surface area (Å²) in [5, 5.41) is 36.8. The summed E-state index contributed by atoms with van der Waals surface area (Å²) in [5.74, 6) is -1.46. The third-order valence-corrected chi connectivity index (χ3v) is 4.78. The fraction of sp³-hybridized carbons (Fsp3) is 1.00. The Balaban J connectivity index is 0. The zero-order chi connectivity index (χ0) is 17.6. The highest BCUT2D eigenvalue weighted by Crippen LogP contribution is 2.27. The number of aliphatic hydroxyl groups excluding tert-OH is 2. The fourth-order valence-electron chi connectivity index (χ4n) is 2.25. The summed E-state index contributed by atoms with van der Waals surface area (Å²) in [6.07, 6.45) is 7.52. The van der Waals surface area contributed by atoms with E-state index in [1.807, 2.05) is 13.8 Å². The first-order valence-corrected chi connectivity index (χ1v) is 8.95. The summed E-state index contributed by atoms with van der Waals surface area (Å²) in [5.41, 5.74) is -0.212. The molecule has 4 N–H and O–H groups in total. The second-order valence-corrected chi connectivity index (χ2v) is 6.55. The minimum absolute atomic E-state index is 0.00699. The van der Waals surface area contributed by atoms with E-state index < -0.39 is 5.79 Å². The van der Waals surface area contributed by atoms with E-state index in [2.05, 4.69) is 13.8 Å². The first-order chi connectivity index (χ1) is 10.3. The highest BCUT2D eigenvalue weighted by atomic mass is 16.5. The molecule has 0 saturated carbocycles. The molecule has 0 aliphatic rings. The van der Waals surface area contributed by atoms with E-state index in [-0.39, 0.29) is 24.5 Å². The highest BCUT2D eigenvalue weighted by Gasteiger charge is 2.27. The zero-order valence-electron chi connectivity index (χ0n) is 15.4. The van der Waals surface area contributed by atoms with E-state index in [4.69, 9.17) is 10.2 Å². The summed E-state index contributed by atoms with van der Waals surface area (Å²) in [4.78, 5) is 0.